The van der Waals surface area contributed by atoms with Crippen LogP contribution in [0.15, 0.2) is 18.2 Å². The second kappa shape index (κ2) is 6.53. The Morgan fingerprint density at radius 3 is 2.71 bits per heavy atom. The van der Waals surface area contributed by atoms with Gasteiger partial charge in [-0.05, 0) is 24.1 Å². The fourth-order valence-electron chi connectivity index (χ4n) is 1.70. The molecule has 1 heterocycles. The van der Waals surface area contributed by atoms with E-state index in [4.69, 9.17) is 0 Å². The molecular formula is C14H15BrN2O3S. The van der Waals surface area contributed by atoms with Gasteiger partial charge < -0.3 is 10.1 Å². The van der Waals surface area contributed by atoms with E-state index in [9.17, 15) is 9.59 Å². The monoisotopic (exact) mass is 370 g/mol. The number of hydrogen-bond acceptors (Lipinski definition) is 5. The summed E-state index contributed by atoms with van der Waals surface area (Å²) in [6.45, 7) is 3.92. The van der Waals surface area contributed by atoms with E-state index in [1.807, 2.05) is 13.8 Å². The molecular weight excluding hydrogens is 356 g/mol. The second-order valence-electron chi connectivity index (χ2n) is 4.83. The number of benzene rings is 1. The molecule has 21 heavy (non-hydrogen) atoms. The summed E-state index contributed by atoms with van der Waals surface area (Å²) in [6, 6.07) is 5.10. The van der Waals surface area contributed by atoms with Crippen molar-refractivity contribution in [3.05, 3.63) is 23.8 Å². The van der Waals surface area contributed by atoms with E-state index >= 15 is 0 Å². The topological polar surface area (TPSA) is 68.3 Å². The van der Waals surface area contributed by atoms with Crippen LogP contribution in [-0.4, -0.2) is 28.8 Å². The Morgan fingerprint density at radius 1 is 1.38 bits per heavy atom. The Morgan fingerprint density at radius 2 is 2.10 bits per heavy atom. The van der Waals surface area contributed by atoms with E-state index < -0.39 is 5.97 Å². The number of fused-ring (bicyclic) bond motifs is 1. The molecule has 0 spiro atoms. The van der Waals surface area contributed by atoms with Crippen LogP contribution < -0.4 is 5.32 Å². The standard InChI is InChI=1S/C14H15BrN2O3S/c1-7(2)11(15)12(18)17-14-16-9-5-4-8(13(19)20-3)6-10(9)21-14/h4-7,11H,1-3H3,(H,16,17,18)/t11-/m0/s1. The highest BCUT2D eigenvalue weighted by Crippen LogP contribution is 2.27. The van der Waals surface area contributed by atoms with E-state index in [2.05, 4.69) is 31.0 Å². The third kappa shape index (κ3) is 3.59. The molecule has 1 amide bonds. The third-order valence-corrected chi connectivity index (χ3v) is 5.28. The lowest BCUT2D eigenvalue weighted by Gasteiger charge is -2.11. The molecule has 0 bridgehead atoms. The Balaban J connectivity index is 2.23. The highest BCUT2D eigenvalue weighted by Gasteiger charge is 2.20. The first kappa shape index (κ1) is 15.9. The number of carbonyl (C=O) groups excluding carboxylic acids is 2. The van der Waals surface area contributed by atoms with E-state index in [1.165, 1.54) is 18.4 Å². The molecule has 112 valence electrons. The number of ether oxygens (including phenoxy) is 1. The summed E-state index contributed by atoms with van der Waals surface area (Å²) >= 11 is 4.68. The average Bonchev–Trinajstić information content (AvgIpc) is 2.86. The third-order valence-electron chi connectivity index (χ3n) is 2.88. The number of amides is 1. The van der Waals surface area contributed by atoms with Crippen molar-refractivity contribution in [1.82, 2.24) is 4.98 Å². The largest absolute Gasteiger partial charge is 0.465 e. The van der Waals surface area contributed by atoms with Crippen molar-refractivity contribution in [2.75, 3.05) is 12.4 Å². The summed E-state index contributed by atoms with van der Waals surface area (Å²) in [7, 11) is 1.34. The number of alkyl halides is 1. The van der Waals surface area contributed by atoms with Gasteiger partial charge in [0.15, 0.2) is 5.13 Å². The SMILES string of the molecule is COC(=O)c1ccc2nc(NC(=O)[C@@H](Br)C(C)C)sc2c1. The van der Waals surface area contributed by atoms with Gasteiger partial charge in [0.05, 0.1) is 27.7 Å². The van der Waals surface area contributed by atoms with Crippen molar-refractivity contribution in [2.24, 2.45) is 5.92 Å². The minimum Gasteiger partial charge on any atom is -0.465 e. The van der Waals surface area contributed by atoms with Crippen molar-refractivity contribution in [3.63, 3.8) is 0 Å². The van der Waals surface area contributed by atoms with Crippen molar-refractivity contribution >= 4 is 54.5 Å². The Bertz CT molecular complexity index is 684. The lowest BCUT2D eigenvalue weighted by atomic mass is 10.1. The first-order valence-electron chi connectivity index (χ1n) is 6.36. The molecule has 7 heteroatoms. The molecule has 2 rings (SSSR count). The zero-order valence-electron chi connectivity index (χ0n) is 11.8. The smallest absolute Gasteiger partial charge is 0.337 e. The molecule has 5 nitrogen and oxygen atoms in total. The van der Waals surface area contributed by atoms with Gasteiger partial charge in [-0.25, -0.2) is 9.78 Å². The van der Waals surface area contributed by atoms with Gasteiger partial charge >= 0.3 is 5.97 Å². The Labute approximate surface area is 134 Å². The molecule has 0 radical (unpaired) electrons. The fourth-order valence-corrected chi connectivity index (χ4v) is 2.72. The highest BCUT2D eigenvalue weighted by atomic mass is 79.9. The number of nitrogens with one attached hydrogen (secondary N) is 1. The predicted molar refractivity (Wildman–Crippen MR) is 87.1 cm³/mol. The normalized spacial score (nSPS) is 12.4. The molecule has 0 aliphatic rings. The molecule has 1 N–H and O–H groups in total. The van der Waals surface area contributed by atoms with Crippen LogP contribution >= 0.6 is 27.3 Å². The van der Waals surface area contributed by atoms with Gasteiger partial charge in [-0.15, -0.1) is 0 Å². The number of esters is 1. The van der Waals surface area contributed by atoms with Crippen LogP contribution in [0.25, 0.3) is 10.2 Å². The first-order chi connectivity index (χ1) is 9.92. The number of anilines is 1. The first-order valence-corrected chi connectivity index (χ1v) is 8.09. The summed E-state index contributed by atoms with van der Waals surface area (Å²) in [6.07, 6.45) is 0. The quantitative estimate of drug-likeness (QED) is 0.660. The minimum absolute atomic E-state index is 0.128. The minimum atomic E-state index is -0.392. The van der Waals surface area contributed by atoms with E-state index in [0.717, 1.165) is 10.2 Å². The van der Waals surface area contributed by atoms with Crippen molar-refractivity contribution < 1.29 is 14.3 Å². The van der Waals surface area contributed by atoms with E-state index in [1.54, 1.807) is 18.2 Å². The van der Waals surface area contributed by atoms with Crippen LogP contribution in [0.1, 0.15) is 24.2 Å². The molecule has 0 unspecified atom stereocenters. The summed E-state index contributed by atoms with van der Waals surface area (Å²) in [5.74, 6) is -0.334. The van der Waals surface area contributed by atoms with Crippen LogP contribution in [0.3, 0.4) is 0 Å². The Kier molecular flexibility index (Phi) is 4.95. The van der Waals surface area contributed by atoms with Crippen molar-refractivity contribution in [3.8, 4) is 0 Å². The van der Waals surface area contributed by atoms with Gasteiger partial charge in [-0.2, -0.15) is 0 Å². The lowest BCUT2D eigenvalue weighted by molar-refractivity contribution is -0.116. The number of hydrogen-bond donors (Lipinski definition) is 1. The van der Waals surface area contributed by atoms with Crippen molar-refractivity contribution in [1.29, 1.82) is 0 Å². The number of carbonyl (C=O) groups is 2. The zero-order chi connectivity index (χ0) is 15.6. The zero-order valence-corrected chi connectivity index (χ0v) is 14.2. The van der Waals surface area contributed by atoms with Crippen LogP contribution in [0.2, 0.25) is 0 Å². The van der Waals surface area contributed by atoms with Gasteiger partial charge in [-0.1, -0.05) is 41.1 Å². The fraction of sp³-hybridized carbons (Fsp3) is 0.357. The molecule has 1 atom stereocenters. The molecule has 0 fully saturated rings. The number of methoxy groups -OCH3 is 1. The maximum Gasteiger partial charge on any atom is 0.337 e. The number of rotatable bonds is 4. The summed E-state index contributed by atoms with van der Waals surface area (Å²) in [4.78, 5) is 27.5. The van der Waals surface area contributed by atoms with Crippen LogP contribution in [-0.2, 0) is 9.53 Å². The number of halogens is 1. The molecule has 0 aliphatic heterocycles. The predicted octanol–water partition coefficient (Wildman–Crippen LogP) is 3.44. The lowest BCUT2D eigenvalue weighted by Crippen LogP contribution is -2.26. The number of nitrogens with zero attached hydrogens (tertiary/aromatic N) is 1. The van der Waals surface area contributed by atoms with Crippen molar-refractivity contribution in [2.45, 2.75) is 18.7 Å². The van der Waals surface area contributed by atoms with Crippen LogP contribution in [0, 0.1) is 5.92 Å². The van der Waals surface area contributed by atoms with Crippen LogP contribution in [0.4, 0.5) is 5.13 Å². The van der Waals surface area contributed by atoms with Gasteiger partial charge in [0.2, 0.25) is 5.91 Å². The number of thiazole rings is 1. The maximum atomic E-state index is 12.0. The molecule has 1 aromatic heterocycles. The summed E-state index contributed by atoms with van der Waals surface area (Å²) < 4.78 is 5.51. The molecule has 0 aliphatic carbocycles. The van der Waals surface area contributed by atoms with Crippen LogP contribution in [0.5, 0.6) is 0 Å². The highest BCUT2D eigenvalue weighted by molar-refractivity contribution is 9.10. The molecule has 0 saturated carbocycles. The van der Waals surface area contributed by atoms with E-state index in [-0.39, 0.29) is 16.7 Å². The second-order valence-corrected chi connectivity index (χ2v) is 6.85. The molecule has 1 aromatic carbocycles. The van der Waals surface area contributed by atoms with Gasteiger partial charge in [0.25, 0.3) is 0 Å². The molecule has 0 saturated heterocycles. The molecule has 2 aromatic rings. The Hall–Kier alpha value is -1.47. The average molecular weight is 371 g/mol. The summed E-state index contributed by atoms with van der Waals surface area (Å²) in [5, 5.41) is 3.30. The maximum absolute atomic E-state index is 12.0. The summed E-state index contributed by atoms with van der Waals surface area (Å²) in [5.41, 5.74) is 1.20. The van der Waals surface area contributed by atoms with Gasteiger partial charge in [0, 0.05) is 0 Å². The van der Waals surface area contributed by atoms with Gasteiger partial charge in [-0.3, -0.25) is 4.79 Å². The van der Waals surface area contributed by atoms with Gasteiger partial charge in [0.1, 0.15) is 0 Å². The number of aromatic nitrogens is 1. The van der Waals surface area contributed by atoms with E-state index in [0.29, 0.717) is 10.7 Å².